The summed E-state index contributed by atoms with van der Waals surface area (Å²) in [5.74, 6) is 0.994. The van der Waals surface area contributed by atoms with E-state index in [4.69, 9.17) is 4.74 Å². The summed E-state index contributed by atoms with van der Waals surface area (Å²) in [5, 5.41) is 10.9. The Morgan fingerprint density at radius 2 is 2.11 bits per heavy atom. The molecule has 0 spiro atoms. The molecule has 0 radical (unpaired) electrons. The van der Waals surface area contributed by atoms with Crippen molar-refractivity contribution in [2.24, 2.45) is 5.92 Å². The number of nitrogens with zero attached hydrogens (tertiary/aromatic N) is 1. The van der Waals surface area contributed by atoms with Crippen LogP contribution in [-0.2, 0) is 6.42 Å². The fraction of sp³-hybridized carbons (Fsp3) is 0.538. The summed E-state index contributed by atoms with van der Waals surface area (Å²) in [7, 11) is 1.52. The van der Waals surface area contributed by atoms with Gasteiger partial charge in [0, 0.05) is 10.9 Å². The van der Waals surface area contributed by atoms with Crippen molar-refractivity contribution in [2.45, 2.75) is 31.5 Å². The highest BCUT2D eigenvalue weighted by Crippen LogP contribution is 2.27. The number of alkyl halides is 1. The molecule has 0 amide bonds. The molecule has 1 rings (SSSR count). The van der Waals surface area contributed by atoms with Crippen LogP contribution < -0.4 is 4.74 Å². The summed E-state index contributed by atoms with van der Waals surface area (Å²) in [6.07, 6.45) is 1.83. The molecule has 0 aliphatic rings. The Kier molecular flexibility index (Phi) is 5.59. The molecule has 2 atom stereocenters. The molecular weight excluding hydrogens is 298 g/mol. The number of methoxy groups -OCH3 is 1. The van der Waals surface area contributed by atoms with Crippen LogP contribution in [0.2, 0.25) is 0 Å². The van der Waals surface area contributed by atoms with E-state index >= 15 is 0 Å². The Balaban J connectivity index is 3.00. The number of nitro benzene ring substituents is 1. The Bertz CT molecular complexity index is 421. The van der Waals surface area contributed by atoms with Crippen LogP contribution in [0.1, 0.15) is 25.8 Å². The molecule has 5 heteroatoms. The predicted molar refractivity (Wildman–Crippen MR) is 75.5 cm³/mol. The molecule has 100 valence electrons. The van der Waals surface area contributed by atoms with E-state index in [-0.39, 0.29) is 10.6 Å². The number of non-ortho nitro benzene ring substituents is 1. The Morgan fingerprint density at radius 1 is 1.44 bits per heavy atom. The zero-order valence-electron chi connectivity index (χ0n) is 10.9. The lowest BCUT2D eigenvalue weighted by molar-refractivity contribution is -0.385. The van der Waals surface area contributed by atoms with E-state index in [0.717, 1.165) is 18.4 Å². The lowest BCUT2D eigenvalue weighted by atomic mass is 9.94. The lowest BCUT2D eigenvalue weighted by Crippen LogP contribution is -2.13. The summed E-state index contributed by atoms with van der Waals surface area (Å²) in [5.41, 5.74) is 1.03. The van der Waals surface area contributed by atoms with Gasteiger partial charge in [-0.05, 0) is 24.0 Å². The van der Waals surface area contributed by atoms with Gasteiger partial charge in [-0.1, -0.05) is 36.2 Å². The first-order chi connectivity index (χ1) is 8.47. The number of hydrogen-bond donors (Lipinski definition) is 0. The molecule has 0 aliphatic heterocycles. The lowest BCUT2D eigenvalue weighted by Gasteiger charge is -2.17. The van der Waals surface area contributed by atoms with Crippen LogP contribution in [-0.4, -0.2) is 16.9 Å². The van der Waals surface area contributed by atoms with E-state index in [0.29, 0.717) is 16.5 Å². The zero-order chi connectivity index (χ0) is 13.7. The second-order valence-corrected chi connectivity index (χ2v) is 5.79. The third-order valence-corrected chi connectivity index (χ3v) is 3.82. The molecule has 0 N–H and O–H groups in total. The fourth-order valence-corrected chi connectivity index (χ4v) is 2.48. The van der Waals surface area contributed by atoms with E-state index in [1.807, 2.05) is 6.07 Å². The van der Waals surface area contributed by atoms with Crippen molar-refractivity contribution in [3.8, 4) is 5.75 Å². The van der Waals surface area contributed by atoms with Crippen molar-refractivity contribution in [2.75, 3.05) is 7.11 Å². The minimum atomic E-state index is -0.384. The number of benzene rings is 1. The molecule has 0 aromatic heterocycles. The fourth-order valence-electron chi connectivity index (χ4n) is 1.92. The molecule has 0 fully saturated rings. The smallest absolute Gasteiger partial charge is 0.273 e. The van der Waals surface area contributed by atoms with Gasteiger partial charge in [-0.15, -0.1) is 0 Å². The van der Waals surface area contributed by atoms with Crippen molar-refractivity contribution in [3.63, 3.8) is 0 Å². The maximum absolute atomic E-state index is 10.9. The molecule has 0 bridgehead atoms. The second kappa shape index (κ2) is 6.73. The van der Waals surface area contributed by atoms with Gasteiger partial charge in [0.05, 0.1) is 18.1 Å². The van der Waals surface area contributed by atoms with Crippen LogP contribution in [0.25, 0.3) is 0 Å². The predicted octanol–water partition coefficient (Wildman–Crippen LogP) is 3.96. The Labute approximate surface area is 116 Å². The van der Waals surface area contributed by atoms with Gasteiger partial charge in [0.1, 0.15) is 5.75 Å². The molecule has 0 saturated carbocycles. The average molecular weight is 316 g/mol. The molecule has 0 heterocycles. The first kappa shape index (κ1) is 15.0. The van der Waals surface area contributed by atoms with Crippen LogP contribution >= 0.6 is 15.9 Å². The highest BCUT2D eigenvalue weighted by atomic mass is 79.9. The minimum Gasteiger partial charge on any atom is -0.496 e. The number of ether oxygens (including phenoxy) is 1. The minimum absolute atomic E-state index is 0.0847. The van der Waals surface area contributed by atoms with Crippen LogP contribution in [0.4, 0.5) is 5.69 Å². The number of rotatable bonds is 6. The third kappa shape index (κ3) is 3.98. The summed E-state index contributed by atoms with van der Waals surface area (Å²) in [6.45, 7) is 4.22. The van der Waals surface area contributed by atoms with Gasteiger partial charge in [-0.2, -0.15) is 0 Å². The topological polar surface area (TPSA) is 52.4 Å². The molecule has 1 aromatic carbocycles. The van der Waals surface area contributed by atoms with Gasteiger partial charge in [0.25, 0.3) is 5.69 Å². The maximum atomic E-state index is 10.9. The Morgan fingerprint density at radius 3 is 2.56 bits per heavy atom. The molecule has 18 heavy (non-hydrogen) atoms. The van der Waals surface area contributed by atoms with E-state index in [1.165, 1.54) is 13.2 Å². The van der Waals surface area contributed by atoms with Gasteiger partial charge in [0.2, 0.25) is 0 Å². The molecular formula is C13H18BrNO3. The Hall–Kier alpha value is -1.10. The van der Waals surface area contributed by atoms with Crippen molar-refractivity contribution in [3.05, 3.63) is 33.9 Å². The van der Waals surface area contributed by atoms with Crippen molar-refractivity contribution >= 4 is 21.6 Å². The summed E-state index contributed by atoms with van der Waals surface area (Å²) in [6, 6.07) is 4.94. The quantitative estimate of drug-likeness (QED) is 0.453. The monoisotopic (exact) mass is 315 g/mol. The van der Waals surface area contributed by atoms with Crippen LogP contribution in [0.15, 0.2) is 18.2 Å². The molecule has 1 aromatic rings. The molecule has 0 saturated heterocycles. The van der Waals surface area contributed by atoms with Gasteiger partial charge in [0.15, 0.2) is 0 Å². The SMILES string of the molecule is CCC(Cc1cc(OC)cc([N+](=O)[O-])c1)C(C)Br. The zero-order valence-corrected chi connectivity index (χ0v) is 12.4. The summed E-state index contributed by atoms with van der Waals surface area (Å²) < 4.78 is 5.11. The van der Waals surface area contributed by atoms with Crippen molar-refractivity contribution < 1.29 is 9.66 Å². The van der Waals surface area contributed by atoms with E-state index < -0.39 is 0 Å². The molecule has 4 nitrogen and oxygen atoms in total. The van der Waals surface area contributed by atoms with Gasteiger partial charge in [-0.25, -0.2) is 0 Å². The van der Waals surface area contributed by atoms with E-state index in [9.17, 15) is 10.1 Å². The standard InChI is InChI=1S/C13H18BrNO3/c1-4-11(9(2)14)5-10-6-12(15(16)17)8-13(7-10)18-3/h6-9,11H,4-5H2,1-3H3. The van der Waals surface area contributed by atoms with Crippen molar-refractivity contribution in [1.29, 1.82) is 0 Å². The summed E-state index contributed by atoms with van der Waals surface area (Å²) in [4.78, 5) is 10.8. The highest BCUT2D eigenvalue weighted by Gasteiger charge is 2.16. The summed E-state index contributed by atoms with van der Waals surface area (Å²) >= 11 is 3.58. The average Bonchev–Trinajstić information content (AvgIpc) is 2.34. The van der Waals surface area contributed by atoms with Crippen LogP contribution in [0, 0.1) is 16.0 Å². The van der Waals surface area contributed by atoms with Gasteiger partial charge >= 0.3 is 0 Å². The highest BCUT2D eigenvalue weighted by molar-refractivity contribution is 9.09. The third-order valence-electron chi connectivity index (χ3n) is 3.07. The normalized spacial score (nSPS) is 14.0. The van der Waals surface area contributed by atoms with Crippen LogP contribution in [0.3, 0.4) is 0 Å². The maximum Gasteiger partial charge on any atom is 0.273 e. The molecule has 2 unspecified atom stereocenters. The van der Waals surface area contributed by atoms with Gasteiger partial charge in [-0.3, -0.25) is 10.1 Å². The number of nitro groups is 1. The largest absolute Gasteiger partial charge is 0.496 e. The number of halogens is 1. The van der Waals surface area contributed by atoms with E-state index in [1.54, 1.807) is 6.07 Å². The first-order valence-corrected chi connectivity index (χ1v) is 6.85. The number of hydrogen-bond acceptors (Lipinski definition) is 3. The van der Waals surface area contributed by atoms with Gasteiger partial charge < -0.3 is 4.74 Å². The van der Waals surface area contributed by atoms with E-state index in [2.05, 4.69) is 29.8 Å². The van der Waals surface area contributed by atoms with Crippen LogP contribution in [0.5, 0.6) is 5.75 Å². The molecule has 0 aliphatic carbocycles. The van der Waals surface area contributed by atoms with Crippen molar-refractivity contribution in [1.82, 2.24) is 0 Å². The first-order valence-electron chi connectivity index (χ1n) is 5.94. The second-order valence-electron chi connectivity index (χ2n) is 4.35.